The predicted molar refractivity (Wildman–Crippen MR) is 80.0 cm³/mol. The third-order valence-electron chi connectivity index (χ3n) is 3.81. The van der Waals surface area contributed by atoms with Gasteiger partial charge in [-0.3, -0.25) is 4.90 Å². The highest BCUT2D eigenvalue weighted by atomic mass is 79.9. The fourth-order valence-corrected chi connectivity index (χ4v) is 3.56. The lowest BCUT2D eigenvalue weighted by Crippen LogP contribution is -2.44. The van der Waals surface area contributed by atoms with Crippen molar-refractivity contribution in [2.24, 2.45) is 0 Å². The summed E-state index contributed by atoms with van der Waals surface area (Å²) < 4.78 is 6.33. The van der Waals surface area contributed by atoms with Gasteiger partial charge < -0.3 is 9.64 Å². The smallest absolute Gasteiger partial charge is 0.147 e. The number of ether oxygens (including phenoxy) is 1. The average molecular weight is 347 g/mol. The summed E-state index contributed by atoms with van der Waals surface area (Å²) >= 11 is 9.67. The van der Waals surface area contributed by atoms with Crippen LogP contribution in [0.5, 0.6) is 0 Å². The van der Waals surface area contributed by atoms with Crippen molar-refractivity contribution in [2.75, 3.05) is 44.3 Å². The van der Waals surface area contributed by atoms with E-state index in [1.165, 1.54) is 6.42 Å². The summed E-state index contributed by atoms with van der Waals surface area (Å²) in [5, 5.41) is 0.719. The largest absolute Gasteiger partial charge is 0.379 e. The molecular formula is C13H17BrClN3O. The van der Waals surface area contributed by atoms with Crippen LogP contribution in [0, 0.1) is 0 Å². The van der Waals surface area contributed by atoms with Gasteiger partial charge in [-0.2, -0.15) is 0 Å². The number of morpholine rings is 1. The molecule has 104 valence electrons. The van der Waals surface area contributed by atoms with Gasteiger partial charge in [-0.15, -0.1) is 0 Å². The topological polar surface area (TPSA) is 28.6 Å². The molecule has 1 atom stereocenters. The fraction of sp³-hybridized carbons (Fsp3) is 0.615. The minimum Gasteiger partial charge on any atom is -0.379 e. The van der Waals surface area contributed by atoms with Gasteiger partial charge in [-0.05, 0) is 28.4 Å². The van der Waals surface area contributed by atoms with Crippen LogP contribution in [0.2, 0.25) is 5.02 Å². The van der Waals surface area contributed by atoms with E-state index in [0.29, 0.717) is 6.04 Å². The van der Waals surface area contributed by atoms with Crippen molar-refractivity contribution in [2.45, 2.75) is 12.5 Å². The normalized spacial score (nSPS) is 24.9. The molecule has 19 heavy (non-hydrogen) atoms. The van der Waals surface area contributed by atoms with Crippen LogP contribution in [-0.4, -0.2) is 55.3 Å². The van der Waals surface area contributed by atoms with Gasteiger partial charge >= 0.3 is 0 Å². The molecule has 0 amide bonds. The second kappa shape index (κ2) is 5.95. The van der Waals surface area contributed by atoms with Gasteiger partial charge in [0, 0.05) is 42.9 Å². The number of nitrogens with zero attached hydrogens (tertiary/aromatic N) is 3. The lowest BCUT2D eigenvalue weighted by atomic mass is 10.2. The molecule has 2 aliphatic heterocycles. The van der Waals surface area contributed by atoms with Gasteiger partial charge in [0.25, 0.3) is 0 Å². The second-order valence-electron chi connectivity index (χ2n) is 5.00. The Balaban J connectivity index is 1.67. The van der Waals surface area contributed by atoms with E-state index >= 15 is 0 Å². The van der Waals surface area contributed by atoms with E-state index in [4.69, 9.17) is 16.3 Å². The van der Waals surface area contributed by atoms with Gasteiger partial charge in [0.1, 0.15) is 5.82 Å². The Bertz CT molecular complexity index is 454. The molecule has 0 spiro atoms. The highest BCUT2D eigenvalue weighted by Gasteiger charge is 2.30. The Morgan fingerprint density at radius 2 is 2.11 bits per heavy atom. The second-order valence-corrected chi connectivity index (χ2v) is 6.32. The third kappa shape index (κ3) is 3.05. The van der Waals surface area contributed by atoms with Crippen LogP contribution in [0.15, 0.2) is 16.7 Å². The first kappa shape index (κ1) is 13.6. The Morgan fingerprint density at radius 1 is 1.32 bits per heavy atom. The minimum atomic E-state index is 0.602. The summed E-state index contributed by atoms with van der Waals surface area (Å²) in [7, 11) is 0. The monoisotopic (exact) mass is 345 g/mol. The molecule has 0 N–H and O–H groups in total. The Labute approximate surface area is 126 Å². The first-order valence-corrected chi connectivity index (χ1v) is 7.79. The van der Waals surface area contributed by atoms with E-state index in [2.05, 4.69) is 30.7 Å². The lowest BCUT2D eigenvalue weighted by Gasteiger charge is -2.32. The quantitative estimate of drug-likeness (QED) is 0.822. The molecule has 0 aromatic carbocycles. The molecule has 4 nitrogen and oxygen atoms in total. The Morgan fingerprint density at radius 3 is 2.84 bits per heavy atom. The predicted octanol–water partition coefficient (Wildman–Crippen LogP) is 2.41. The molecule has 2 saturated heterocycles. The van der Waals surface area contributed by atoms with Gasteiger partial charge in [-0.1, -0.05) is 11.6 Å². The highest BCUT2D eigenvalue weighted by molar-refractivity contribution is 9.10. The summed E-state index contributed by atoms with van der Waals surface area (Å²) in [4.78, 5) is 9.25. The first-order valence-electron chi connectivity index (χ1n) is 6.62. The van der Waals surface area contributed by atoms with Crippen LogP contribution in [0.25, 0.3) is 0 Å². The molecule has 1 aromatic heterocycles. The number of halogens is 2. The van der Waals surface area contributed by atoms with Crippen LogP contribution >= 0.6 is 27.5 Å². The van der Waals surface area contributed by atoms with E-state index in [1.54, 1.807) is 0 Å². The molecule has 3 heterocycles. The van der Waals surface area contributed by atoms with Crippen molar-refractivity contribution < 1.29 is 4.74 Å². The van der Waals surface area contributed by atoms with Crippen LogP contribution in [0.1, 0.15) is 6.42 Å². The van der Waals surface area contributed by atoms with Crippen molar-refractivity contribution in [3.8, 4) is 0 Å². The van der Waals surface area contributed by atoms with Crippen molar-refractivity contribution in [1.29, 1.82) is 0 Å². The van der Waals surface area contributed by atoms with Crippen LogP contribution in [0.4, 0.5) is 5.82 Å². The molecule has 1 unspecified atom stereocenters. The molecule has 0 radical (unpaired) electrons. The first-order chi connectivity index (χ1) is 9.24. The van der Waals surface area contributed by atoms with Crippen LogP contribution < -0.4 is 4.90 Å². The van der Waals surface area contributed by atoms with E-state index < -0.39 is 0 Å². The SMILES string of the molecule is Clc1cc(Br)cnc1N1CCC(N2CCOCC2)C1. The van der Waals surface area contributed by atoms with Gasteiger partial charge in [0.15, 0.2) is 0 Å². The van der Waals surface area contributed by atoms with E-state index in [9.17, 15) is 0 Å². The van der Waals surface area contributed by atoms with E-state index in [-0.39, 0.29) is 0 Å². The van der Waals surface area contributed by atoms with Gasteiger partial charge in [-0.25, -0.2) is 4.98 Å². The summed E-state index contributed by atoms with van der Waals surface area (Å²) in [5.41, 5.74) is 0. The third-order valence-corrected chi connectivity index (χ3v) is 4.53. The highest BCUT2D eigenvalue weighted by Crippen LogP contribution is 2.29. The van der Waals surface area contributed by atoms with Crippen molar-refractivity contribution >= 4 is 33.3 Å². The van der Waals surface area contributed by atoms with Crippen molar-refractivity contribution in [3.63, 3.8) is 0 Å². The molecule has 0 aliphatic carbocycles. The number of anilines is 1. The molecule has 2 fully saturated rings. The summed E-state index contributed by atoms with van der Waals surface area (Å²) in [5.74, 6) is 0.903. The summed E-state index contributed by atoms with van der Waals surface area (Å²) in [6.45, 7) is 5.83. The zero-order valence-corrected chi connectivity index (χ0v) is 13.0. The number of pyridine rings is 1. The van der Waals surface area contributed by atoms with Gasteiger partial charge in [0.2, 0.25) is 0 Å². The van der Waals surface area contributed by atoms with Crippen molar-refractivity contribution in [1.82, 2.24) is 9.88 Å². The maximum atomic E-state index is 6.28. The maximum absolute atomic E-state index is 6.28. The van der Waals surface area contributed by atoms with Gasteiger partial charge in [0.05, 0.1) is 18.2 Å². The fourth-order valence-electron chi connectivity index (χ4n) is 2.81. The van der Waals surface area contributed by atoms with Crippen molar-refractivity contribution in [3.05, 3.63) is 21.8 Å². The molecule has 2 aliphatic rings. The zero-order chi connectivity index (χ0) is 13.2. The van der Waals surface area contributed by atoms with E-state index in [1.807, 2.05) is 12.3 Å². The Hall–Kier alpha value is -0.360. The average Bonchev–Trinajstić information content (AvgIpc) is 2.89. The minimum absolute atomic E-state index is 0.602. The lowest BCUT2D eigenvalue weighted by molar-refractivity contribution is 0.0209. The number of rotatable bonds is 2. The molecule has 0 bridgehead atoms. The molecule has 3 rings (SSSR count). The molecule has 6 heteroatoms. The summed E-state index contributed by atoms with van der Waals surface area (Å²) in [6.07, 6.45) is 2.98. The molecule has 0 saturated carbocycles. The standard InChI is InChI=1S/C13H17BrClN3O/c14-10-7-12(15)13(16-8-10)18-2-1-11(9-18)17-3-5-19-6-4-17/h7-8,11H,1-6,9H2. The molecule has 1 aromatic rings. The number of hydrogen-bond donors (Lipinski definition) is 0. The van der Waals surface area contributed by atoms with Crippen LogP contribution in [0.3, 0.4) is 0 Å². The Kier molecular flexibility index (Phi) is 4.27. The number of aromatic nitrogens is 1. The molecular weight excluding hydrogens is 330 g/mol. The van der Waals surface area contributed by atoms with E-state index in [0.717, 1.165) is 54.7 Å². The zero-order valence-electron chi connectivity index (χ0n) is 10.7. The number of hydrogen-bond acceptors (Lipinski definition) is 4. The van der Waals surface area contributed by atoms with Crippen LogP contribution in [-0.2, 0) is 4.74 Å². The summed E-state index contributed by atoms with van der Waals surface area (Å²) in [6, 6.07) is 2.51. The maximum Gasteiger partial charge on any atom is 0.147 e.